The first kappa shape index (κ1) is 13.0. The minimum atomic E-state index is -0.513. The number of aryl methyl sites for hydroxylation is 1. The highest BCUT2D eigenvalue weighted by atomic mass is 16.3. The summed E-state index contributed by atoms with van der Waals surface area (Å²) in [4.78, 5) is 23.0. The van der Waals surface area contributed by atoms with Crippen molar-refractivity contribution >= 4 is 23.7 Å². The Morgan fingerprint density at radius 2 is 2.37 bits per heavy atom. The van der Waals surface area contributed by atoms with Gasteiger partial charge >= 0.3 is 0 Å². The minimum absolute atomic E-state index is 0.0235. The van der Waals surface area contributed by atoms with Gasteiger partial charge in [-0.3, -0.25) is 9.59 Å². The predicted octanol–water partition coefficient (Wildman–Crippen LogP) is 0.550. The van der Waals surface area contributed by atoms with Gasteiger partial charge in [0.25, 0.3) is 0 Å². The van der Waals surface area contributed by atoms with E-state index in [1.165, 1.54) is 6.21 Å². The lowest BCUT2D eigenvalue weighted by Gasteiger charge is -2.05. The van der Waals surface area contributed by atoms with Gasteiger partial charge in [0, 0.05) is 12.1 Å². The van der Waals surface area contributed by atoms with Gasteiger partial charge in [0.05, 0.1) is 12.1 Å². The normalized spacial score (nSPS) is 18.5. The number of amides is 2. The van der Waals surface area contributed by atoms with Crippen molar-refractivity contribution in [1.29, 1.82) is 0 Å². The van der Waals surface area contributed by atoms with Gasteiger partial charge in [-0.25, -0.2) is 10.9 Å². The van der Waals surface area contributed by atoms with Gasteiger partial charge in [0.1, 0.15) is 11.5 Å². The van der Waals surface area contributed by atoms with Crippen LogP contribution in [0.4, 0.5) is 0 Å². The molecule has 0 radical (unpaired) electrons. The van der Waals surface area contributed by atoms with Crippen molar-refractivity contribution in [2.45, 2.75) is 20.3 Å². The molecular weight excluding hydrogens is 248 g/mol. The lowest BCUT2D eigenvalue weighted by molar-refractivity contribution is -0.127. The lowest BCUT2D eigenvalue weighted by atomic mass is 10.0. The largest absolute Gasteiger partial charge is 0.460 e. The molecule has 7 nitrogen and oxygen atoms in total. The molecule has 1 aliphatic heterocycles. The second-order valence-electron chi connectivity index (χ2n) is 4.23. The Morgan fingerprint density at radius 1 is 1.58 bits per heavy atom. The minimum Gasteiger partial charge on any atom is -0.460 e. The van der Waals surface area contributed by atoms with E-state index in [4.69, 9.17) is 4.42 Å². The highest BCUT2D eigenvalue weighted by Gasteiger charge is 2.28. The van der Waals surface area contributed by atoms with Crippen LogP contribution >= 0.6 is 0 Å². The second kappa shape index (κ2) is 5.47. The standard InChI is InChI=1S/C12H14N4O3/c1-7-3-4-9(19-7)6-13-15-11(17)5-10-8(2)14-16-12(10)18/h3-4,6,10H,5H2,1-2H3,(H,15,17)(H,16,18)/b13-6-/t10-/m0/s1. The fourth-order valence-corrected chi connectivity index (χ4v) is 1.65. The number of hydrogen-bond acceptors (Lipinski definition) is 5. The maximum absolute atomic E-state index is 11.6. The molecule has 0 aliphatic carbocycles. The van der Waals surface area contributed by atoms with Crippen LogP contribution in [0.3, 0.4) is 0 Å². The van der Waals surface area contributed by atoms with E-state index in [-0.39, 0.29) is 18.2 Å². The van der Waals surface area contributed by atoms with E-state index in [0.29, 0.717) is 11.5 Å². The second-order valence-corrected chi connectivity index (χ2v) is 4.23. The van der Waals surface area contributed by atoms with Gasteiger partial charge in [0.15, 0.2) is 0 Å². The Hall–Kier alpha value is -2.44. The molecule has 0 aromatic carbocycles. The molecule has 2 heterocycles. The summed E-state index contributed by atoms with van der Waals surface area (Å²) in [5.74, 6) is 0.187. The zero-order valence-corrected chi connectivity index (χ0v) is 10.6. The summed E-state index contributed by atoms with van der Waals surface area (Å²) in [5.41, 5.74) is 5.27. The first-order valence-corrected chi connectivity index (χ1v) is 5.78. The SMILES string of the molecule is CC1=NNC(=O)[C@H]1CC(=O)N/N=C\c1ccc(C)o1. The number of rotatable bonds is 4. The van der Waals surface area contributed by atoms with Crippen LogP contribution < -0.4 is 10.9 Å². The zero-order chi connectivity index (χ0) is 13.8. The summed E-state index contributed by atoms with van der Waals surface area (Å²) >= 11 is 0. The molecule has 0 bridgehead atoms. The molecule has 2 N–H and O–H groups in total. The molecule has 0 saturated carbocycles. The van der Waals surface area contributed by atoms with Crippen LogP contribution in [-0.2, 0) is 9.59 Å². The Bertz CT molecular complexity index is 559. The number of hydrogen-bond donors (Lipinski definition) is 2. The summed E-state index contributed by atoms with van der Waals surface area (Å²) in [7, 11) is 0. The number of carbonyl (C=O) groups is 2. The molecule has 0 fully saturated rings. The van der Waals surface area contributed by atoms with Gasteiger partial charge in [-0.05, 0) is 26.0 Å². The molecule has 1 aromatic heterocycles. The van der Waals surface area contributed by atoms with Gasteiger partial charge in [-0.1, -0.05) is 0 Å². The summed E-state index contributed by atoms with van der Waals surface area (Å²) < 4.78 is 5.25. The maximum Gasteiger partial charge on any atom is 0.249 e. The van der Waals surface area contributed by atoms with E-state index in [1.54, 1.807) is 19.1 Å². The molecule has 0 spiro atoms. The van der Waals surface area contributed by atoms with E-state index in [2.05, 4.69) is 21.1 Å². The quantitative estimate of drug-likeness (QED) is 0.612. The van der Waals surface area contributed by atoms with Crippen LogP contribution in [0.1, 0.15) is 24.9 Å². The number of hydrazone groups is 2. The summed E-state index contributed by atoms with van der Waals surface area (Å²) in [6, 6.07) is 3.54. The molecule has 2 amide bonds. The fourth-order valence-electron chi connectivity index (χ4n) is 1.65. The molecule has 1 aromatic rings. The topological polar surface area (TPSA) is 96.1 Å². The Kier molecular flexibility index (Phi) is 3.74. The van der Waals surface area contributed by atoms with Crippen molar-refractivity contribution in [3.05, 3.63) is 23.7 Å². The van der Waals surface area contributed by atoms with Gasteiger partial charge < -0.3 is 4.42 Å². The first-order chi connectivity index (χ1) is 9.06. The van der Waals surface area contributed by atoms with E-state index < -0.39 is 5.92 Å². The smallest absolute Gasteiger partial charge is 0.249 e. The summed E-state index contributed by atoms with van der Waals surface area (Å²) in [6.45, 7) is 3.52. The van der Waals surface area contributed by atoms with Gasteiger partial charge in [-0.2, -0.15) is 10.2 Å². The predicted molar refractivity (Wildman–Crippen MR) is 68.5 cm³/mol. The summed E-state index contributed by atoms with van der Waals surface area (Å²) in [5, 5.41) is 7.52. The van der Waals surface area contributed by atoms with Crippen molar-refractivity contribution in [2.75, 3.05) is 0 Å². The van der Waals surface area contributed by atoms with E-state index in [0.717, 1.165) is 5.76 Å². The van der Waals surface area contributed by atoms with Crippen LogP contribution in [0, 0.1) is 12.8 Å². The lowest BCUT2D eigenvalue weighted by Crippen LogP contribution is -2.29. The van der Waals surface area contributed by atoms with Crippen LogP contribution in [0.2, 0.25) is 0 Å². The number of furan rings is 1. The Morgan fingerprint density at radius 3 is 2.95 bits per heavy atom. The molecule has 1 aliphatic rings. The highest BCUT2D eigenvalue weighted by Crippen LogP contribution is 2.11. The average molecular weight is 262 g/mol. The molecule has 2 rings (SSSR count). The van der Waals surface area contributed by atoms with Gasteiger partial charge in [-0.15, -0.1) is 0 Å². The molecular formula is C12H14N4O3. The van der Waals surface area contributed by atoms with Crippen molar-refractivity contribution < 1.29 is 14.0 Å². The first-order valence-electron chi connectivity index (χ1n) is 5.78. The van der Waals surface area contributed by atoms with E-state index in [1.807, 2.05) is 6.92 Å². The van der Waals surface area contributed by atoms with Crippen LogP contribution in [0.15, 0.2) is 26.8 Å². The van der Waals surface area contributed by atoms with Crippen LogP contribution in [-0.4, -0.2) is 23.7 Å². The zero-order valence-electron chi connectivity index (χ0n) is 10.6. The molecule has 7 heteroatoms. The highest BCUT2D eigenvalue weighted by molar-refractivity contribution is 6.09. The number of nitrogens with one attached hydrogen (secondary N) is 2. The fraction of sp³-hybridized carbons (Fsp3) is 0.333. The maximum atomic E-state index is 11.6. The molecule has 0 saturated heterocycles. The van der Waals surface area contributed by atoms with E-state index in [9.17, 15) is 9.59 Å². The van der Waals surface area contributed by atoms with Crippen LogP contribution in [0.5, 0.6) is 0 Å². The molecule has 100 valence electrons. The van der Waals surface area contributed by atoms with Crippen LogP contribution in [0.25, 0.3) is 0 Å². The van der Waals surface area contributed by atoms with Crippen molar-refractivity contribution in [3.63, 3.8) is 0 Å². The monoisotopic (exact) mass is 262 g/mol. The van der Waals surface area contributed by atoms with Gasteiger partial charge in [0.2, 0.25) is 11.8 Å². The van der Waals surface area contributed by atoms with Crippen molar-refractivity contribution in [2.24, 2.45) is 16.1 Å². The third-order valence-electron chi connectivity index (χ3n) is 2.69. The third kappa shape index (κ3) is 3.27. The number of carbonyl (C=O) groups excluding carboxylic acids is 2. The van der Waals surface area contributed by atoms with E-state index >= 15 is 0 Å². The van der Waals surface area contributed by atoms with Crippen molar-refractivity contribution in [1.82, 2.24) is 10.9 Å². The number of nitrogens with zero attached hydrogens (tertiary/aromatic N) is 2. The molecule has 0 unspecified atom stereocenters. The Balaban J connectivity index is 1.83. The molecule has 1 atom stereocenters. The summed E-state index contributed by atoms with van der Waals surface area (Å²) in [6.07, 6.45) is 1.43. The Labute approximate surface area is 109 Å². The van der Waals surface area contributed by atoms with Crippen molar-refractivity contribution in [3.8, 4) is 0 Å². The third-order valence-corrected chi connectivity index (χ3v) is 2.69. The average Bonchev–Trinajstić information content (AvgIpc) is 2.90. The molecule has 19 heavy (non-hydrogen) atoms.